The van der Waals surface area contributed by atoms with E-state index >= 15 is 0 Å². The maximum Gasteiger partial charge on any atom is 0.259 e. The Morgan fingerprint density at radius 2 is 2.12 bits per heavy atom. The molecule has 5 heteroatoms. The molecule has 2 fully saturated rings. The minimum atomic E-state index is 0.0900. The molecule has 0 spiro atoms. The zero-order chi connectivity index (χ0) is 11.8. The first-order valence-corrected chi connectivity index (χ1v) is 6.23. The van der Waals surface area contributed by atoms with Gasteiger partial charge in [-0.25, -0.2) is 0 Å². The van der Waals surface area contributed by atoms with E-state index in [4.69, 9.17) is 4.52 Å². The Labute approximate surface area is 100 Å². The molecule has 0 radical (unpaired) electrons. The van der Waals surface area contributed by atoms with Crippen molar-refractivity contribution in [3.63, 3.8) is 0 Å². The van der Waals surface area contributed by atoms with Crippen molar-refractivity contribution in [1.82, 2.24) is 15.4 Å². The van der Waals surface area contributed by atoms with Crippen LogP contribution in [0.5, 0.6) is 0 Å². The van der Waals surface area contributed by atoms with E-state index < -0.39 is 0 Å². The highest BCUT2D eigenvalue weighted by atomic mass is 16.5. The van der Waals surface area contributed by atoms with E-state index in [0.29, 0.717) is 5.92 Å². The average Bonchev–Trinajstić information content (AvgIpc) is 3.13. The highest BCUT2D eigenvalue weighted by Crippen LogP contribution is 2.42. The molecule has 2 heterocycles. The molecule has 0 bridgehead atoms. The van der Waals surface area contributed by atoms with Crippen LogP contribution in [0, 0.1) is 6.92 Å². The van der Waals surface area contributed by atoms with E-state index in [9.17, 15) is 4.79 Å². The fourth-order valence-corrected chi connectivity index (χ4v) is 2.30. The summed E-state index contributed by atoms with van der Waals surface area (Å²) in [5.41, 5.74) is 1.45. The van der Waals surface area contributed by atoms with Gasteiger partial charge in [-0.15, -0.1) is 0 Å². The molecule has 17 heavy (non-hydrogen) atoms. The van der Waals surface area contributed by atoms with E-state index in [-0.39, 0.29) is 5.91 Å². The Morgan fingerprint density at radius 3 is 2.76 bits per heavy atom. The lowest BCUT2D eigenvalue weighted by molar-refractivity contribution is 0.0733. The lowest BCUT2D eigenvalue weighted by Gasteiger charge is -2.27. The first-order chi connectivity index (χ1) is 8.27. The Bertz CT molecular complexity index is 431. The molecule has 0 aromatic carbocycles. The van der Waals surface area contributed by atoms with Crippen LogP contribution < -0.4 is 5.32 Å². The number of amides is 1. The lowest BCUT2D eigenvalue weighted by Crippen LogP contribution is -2.46. The molecule has 1 saturated carbocycles. The first kappa shape index (κ1) is 10.8. The zero-order valence-electron chi connectivity index (χ0n) is 10.0. The average molecular weight is 235 g/mol. The second-order valence-electron chi connectivity index (χ2n) is 4.82. The van der Waals surface area contributed by atoms with E-state index in [2.05, 4.69) is 10.5 Å². The van der Waals surface area contributed by atoms with Gasteiger partial charge in [0, 0.05) is 32.1 Å². The molecule has 92 valence electrons. The fourth-order valence-electron chi connectivity index (χ4n) is 2.30. The maximum absolute atomic E-state index is 12.4. The van der Waals surface area contributed by atoms with Crippen molar-refractivity contribution in [3.8, 4) is 0 Å². The molecule has 1 amide bonds. The van der Waals surface area contributed by atoms with Gasteiger partial charge in [-0.2, -0.15) is 0 Å². The number of hydrogen-bond donors (Lipinski definition) is 1. The summed E-state index contributed by atoms with van der Waals surface area (Å²) in [6.07, 6.45) is 2.24. The standard InChI is InChI=1S/C12H17N3O2/c1-8-10(11(17-14-8)9-2-3-9)12(16)15-6-4-13-5-7-15/h9,13H,2-7H2,1H3. The predicted molar refractivity (Wildman–Crippen MR) is 62.0 cm³/mol. The number of aryl methyl sites for hydroxylation is 1. The molecular formula is C12H17N3O2. The number of piperazine rings is 1. The molecule has 1 aliphatic heterocycles. The molecule has 0 atom stereocenters. The summed E-state index contributed by atoms with van der Waals surface area (Å²) in [6.45, 7) is 5.13. The number of hydrogen-bond acceptors (Lipinski definition) is 4. The summed E-state index contributed by atoms with van der Waals surface area (Å²) in [4.78, 5) is 14.3. The van der Waals surface area contributed by atoms with Gasteiger partial charge in [-0.3, -0.25) is 4.79 Å². The van der Waals surface area contributed by atoms with Gasteiger partial charge >= 0.3 is 0 Å². The predicted octanol–water partition coefficient (Wildman–Crippen LogP) is 0.906. The van der Waals surface area contributed by atoms with Crippen LogP contribution in [0.25, 0.3) is 0 Å². The van der Waals surface area contributed by atoms with Gasteiger partial charge in [0.1, 0.15) is 5.56 Å². The topological polar surface area (TPSA) is 58.4 Å². The molecular weight excluding hydrogens is 218 g/mol. The molecule has 1 aromatic rings. The Morgan fingerprint density at radius 1 is 1.41 bits per heavy atom. The summed E-state index contributed by atoms with van der Waals surface area (Å²) in [7, 11) is 0. The summed E-state index contributed by atoms with van der Waals surface area (Å²) < 4.78 is 5.32. The zero-order valence-corrected chi connectivity index (χ0v) is 10.0. The smallest absolute Gasteiger partial charge is 0.259 e. The van der Waals surface area contributed by atoms with Crippen LogP contribution in [0.2, 0.25) is 0 Å². The molecule has 1 N–H and O–H groups in total. The van der Waals surface area contributed by atoms with Crippen molar-refractivity contribution < 1.29 is 9.32 Å². The normalized spacial score (nSPS) is 20.6. The van der Waals surface area contributed by atoms with Gasteiger partial charge < -0.3 is 14.7 Å². The third-order valence-electron chi connectivity index (χ3n) is 3.46. The molecule has 5 nitrogen and oxygen atoms in total. The van der Waals surface area contributed by atoms with Gasteiger partial charge in [-0.1, -0.05) is 5.16 Å². The van der Waals surface area contributed by atoms with Crippen molar-refractivity contribution in [1.29, 1.82) is 0 Å². The second-order valence-corrected chi connectivity index (χ2v) is 4.82. The van der Waals surface area contributed by atoms with Crippen LogP contribution in [0.3, 0.4) is 0 Å². The highest BCUT2D eigenvalue weighted by Gasteiger charge is 2.35. The third-order valence-corrected chi connectivity index (χ3v) is 3.46. The monoisotopic (exact) mass is 235 g/mol. The largest absolute Gasteiger partial charge is 0.360 e. The Balaban J connectivity index is 1.86. The second kappa shape index (κ2) is 4.14. The minimum Gasteiger partial charge on any atom is -0.360 e. The highest BCUT2D eigenvalue weighted by molar-refractivity contribution is 5.96. The molecule has 1 aromatic heterocycles. The van der Waals surface area contributed by atoms with Gasteiger partial charge in [0.05, 0.1) is 5.69 Å². The van der Waals surface area contributed by atoms with Crippen molar-refractivity contribution in [2.24, 2.45) is 0 Å². The number of carbonyl (C=O) groups excluding carboxylic acids is 1. The fraction of sp³-hybridized carbons (Fsp3) is 0.667. The van der Waals surface area contributed by atoms with E-state index in [1.165, 1.54) is 0 Å². The van der Waals surface area contributed by atoms with Crippen LogP contribution in [0.4, 0.5) is 0 Å². The molecule has 0 unspecified atom stereocenters. The van der Waals surface area contributed by atoms with E-state index in [0.717, 1.165) is 56.0 Å². The number of nitrogens with one attached hydrogen (secondary N) is 1. The summed E-state index contributed by atoms with van der Waals surface area (Å²) >= 11 is 0. The van der Waals surface area contributed by atoms with Crippen molar-refractivity contribution in [2.75, 3.05) is 26.2 Å². The maximum atomic E-state index is 12.4. The quantitative estimate of drug-likeness (QED) is 0.827. The van der Waals surface area contributed by atoms with Crippen LogP contribution in [0.1, 0.15) is 40.6 Å². The number of aromatic nitrogens is 1. The third kappa shape index (κ3) is 1.95. The van der Waals surface area contributed by atoms with Crippen LogP contribution >= 0.6 is 0 Å². The lowest BCUT2D eigenvalue weighted by atomic mass is 10.1. The van der Waals surface area contributed by atoms with E-state index in [1.54, 1.807) is 0 Å². The van der Waals surface area contributed by atoms with E-state index in [1.807, 2.05) is 11.8 Å². The molecule has 1 saturated heterocycles. The van der Waals surface area contributed by atoms with Crippen molar-refractivity contribution in [2.45, 2.75) is 25.7 Å². The summed E-state index contributed by atoms with van der Waals surface area (Å²) in [6, 6.07) is 0. The van der Waals surface area contributed by atoms with Gasteiger partial charge in [0.15, 0.2) is 5.76 Å². The molecule has 2 aliphatic rings. The Kier molecular flexibility index (Phi) is 2.63. The van der Waals surface area contributed by atoms with Crippen LogP contribution in [-0.2, 0) is 0 Å². The van der Waals surface area contributed by atoms with Crippen LogP contribution in [-0.4, -0.2) is 42.1 Å². The van der Waals surface area contributed by atoms with Crippen molar-refractivity contribution >= 4 is 5.91 Å². The van der Waals surface area contributed by atoms with Crippen molar-refractivity contribution in [3.05, 3.63) is 17.0 Å². The minimum absolute atomic E-state index is 0.0900. The van der Waals surface area contributed by atoms with Crippen LogP contribution in [0.15, 0.2) is 4.52 Å². The molecule has 1 aliphatic carbocycles. The summed E-state index contributed by atoms with van der Waals surface area (Å²) in [5.74, 6) is 1.33. The number of nitrogens with zero attached hydrogens (tertiary/aromatic N) is 2. The van der Waals surface area contributed by atoms with Gasteiger partial charge in [0.2, 0.25) is 0 Å². The SMILES string of the molecule is Cc1noc(C2CC2)c1C(=O)N1CCNCC1. The first-order valence-electron chi connectivity index (χ1n) is 6.23. The number of carbonyl (C=O) groups is 1. The summed E-state index contributed by atoms with van der Waals surface area (Å²) in [5, 5.41) is 7.20. The number of rotatable bonds is 2. The van der Waals surface area contributed by atoms with Gasteiger partial charge in [0.25, 0.3) is 5.91 Å². The molecule has 3 rings (SSSR count). The Hall–Kier alpha value is -1.36. The van der Waals surface area contributed by atoms with Gasteiger partial charge in [-0.05, 0) is 19.8 Å².